The number of pyridine rings is 2. The van der Waals surface area contributed by atoms with E-state index in [0.717, 1.165) is 16.6 Å². The number of aromatic nitrogens is 4. The molecule has 0 fully saturated rings. The van der Waals surface area contributed by atoms with Gasteiger partial charge in [0, 0.05) is 24.0 Å². The summed E-state index contributed by atoms with van der Waals surface area (Å²) in [5.41, 5.74) is 2.04. The smallest absolute Gasteiger partial charge is 0.266 e. The van der Waals surface area contributed by atoms with Crippen LogP contribution in [0, 0.1) is 0 Å². The zero-order chi connectivity index (χ0) is 14.2. The van der Waals surface area contributed by atoms with E-state index in [0.29, 0.717) is 10.9 Å². The Kier molecular flexibility index (Phi) is 2.50. The highest BCUT2D eigenvalue weighted by Gasteiger charge is 2.08. The molecule has 0 spiro atoms. The van der Waals surface area contributed by atoms with Crippen LogP contribution in [-0.2, 0) is 0 Å². The molecule has 0 radical (unpaired) electrons. The molecule has 0 atom stereocenters. The standard InChI is InChI=1S/C16H10N4O/c21-16-12-9-17-10-19-13(12)6-8-20(16)14-5-1-3-11-4-2-7-18-15(11)14/h1-10H. The van der Waals surface area contributed by atoms with Gasteiger partial charge in [-0.3, -0.25) is 14.3 Å². The van der Waals surface area contributed by atoms with Crippen molar-refractivity contribution in [1.82, 2.24) is 19.5 Å². The van der Waals surface area contributed by atoms with Crippen LogP contribution < -0.4 is 5.56 Å². The fourth-order valence-electron chi connectivity index (χ4n) is 2.45. The molecule has 0 amide bonds. The van der Waals surface area contributed by atoms with E-state index in [1.165, 1.54) is 6.33 Å². The fraction of sp³-hybridized carbons (Fsp3) is 0. The third kappa shape index (κ3) is 1.79. The molecule has 0 unspecified atom stereocenters. The SMILES string of the molecule is O=c1c2cncnc2ccn1-c1cccc2cccnc12. The number of rotatable bonds is 1. The van der Waals surface area contributed by atoms with Gasteiger partial charge < -0.3 is 0 Å². The van der Waals surface area contributed by atoms with Crippen molar-refractivity contribution in [2.75, 3.05) is 0 Å². The lowest BCUT2D eigenvalue weighted by Gasteiger charge is -2.09. The molecule has 5 heteroatoms. The van der Waals surface area contributed by atoms with Gasteiger partial charge in [0.1, 0.15) is 6.33 Å². The van der Waals surface area contributed by atoms with Gasteiger partial charge in [-0.25, -0.2) is 9.97 Å². The van der Waals surface area contributed by atoms with Crippen molar-refractivity contribution in [2.24, 2.45) is 0 Å². The second-order valence-electron chi connectivity index (χ2n) is 4.66. The Balaban J connectivity index is 2.10. The average Bonchev–Trinajstić information content (AvgIpc) is 2.55. The molecule has 3 aromatic heterocycles. The van der Waals surface area contributed by atoms with E-state index in [2.05, 4.69) is 15.0 Å². The summed E-state index contributed by atoms with van der Waals surface area (Å²) in [6.07, 6.45) is 6.42. The largest absolute Gasteiger partial charge is 0.281 e. The third-order valence-electron chi connectivity index (χ3n) is 3.44. The maximum Gasteiger partial charge on any atom is 0.266 e. The van der Waals surface area contributed by atoms with Gasteiger partial charge in [0.05, 0.1) is 22.1 Å². The van der Waals surface area contributed by atoms with Crippen LogP contribution in [0.4, 0.5) is 0 Å². The average molecular weight is 274 g/mol. The lowest BCUT2D eigenvalue weighted by atomic mass is 10.2. The van der Waals surface area contributed by atoms with E-state index in [1.54, 1.807) is 29.2 Å². The second kappa shape index (κ2) is 4.49. The lowest BCUT2D eigenvalue weighted by Crippen LogP contribution is -2.18. The van der Waals surface area contributed by atoms with Gasteiger partial charge >= 0.3 is 0 Å². The van der Waals surface area contributed by atoms with Crippen LogP contribution in [0.15, 0.2) is 66.1 Å². The molecule has 0 bridgehead atoms. The number of benzene rings is 1. The van der Waals surface area contributed by atoms with Gasteiger partial charge in [0.25, 0.3) is 5.56 Å². The maximum atomic E-state index is 12.6. The maximum absolute atomic E-state index is 12.6. The summed E-state index contributed by atoms with van der Waals surface area (Å²) >= 11 is 0. The molecule has 0 saturated carbocycles. The lowest BCUT2D eigenvalue weighted by molar-refractivity contribution is 1.01. The van der Waals surface area contributed by atoms with Crippen LogP contribution in [0.3, 0.4) is 0 Å². The van der Waals surface area contributed by atoms with Crippen LogP contribution in [0.1, 0.15) is 0 Å². The summed E-state index contributed by atoms with van der Waals surface area (Å²) in [4.78, 5) is 25.0. The van der Waals surface area contributed by atoms with Gasteiger partial charge in [-0.15, -0.1) is 0 Å². The molecule has 0 N–H and O–H groups in total. The van der Waals surface area contributed by atoms with Crippen molar-refractivity contribution in [3.63, 3.8) is 0 Å². The molecule has 21 heavy (non-hydrogen) atoms. The summed E-state index contributed by atoms with van der Waals surface area (Å²) in [5.74, 6) is 0. The van der Waals surface area contributed by atoms with Crippen LogP contribution in [0.5, 0.6) is 0 Å². The Morgan fingerprint density at radius 2 is 1.90 bits per heavy atom. The highest BCUT2D eigenvalue weighted by atomic mass is 16.1. The first-order valence-electron chi connectivity index (χ1n) is 6.50. The highest BCUT2D eigenvalue weighted by Crippen LogP contribution is 2.19. The van der Waals surface area contributed by atoms with E-state index in [4.69, 9.17) is 0 Å². The molecule has 4 rings (SSSR count). The predicted octanol–water partition coefficient (Wildman–Crippen LogP) is 2.33. The number of fused-ring (bicyclic) bond motifs is 2. The molecule has 0 aliphatic carbocycles. The predicted molar refractivity (Wildman–Crippen MR) is 80.4 cm³/mol. The van der Waals surface area contributed by atoms with Gasteiger partial charge in [0.2, 0.25) is 0 Å². The molecular formula is C16H10N4O. The Morgan fingerprint density at radius 1 is 1.00 bits per heavy atom. The second-order valence-corrected chi connectivity index (χ2v) is 4.66. The van der Waals surface area contributed by atoms with E-state index in [-0.39, 0.29) is 5.56 Å². The summed E-state index contributed by atoms with van der Waals surface area (Å²) in [7, 11) is 0. The van der Waals surface area contributed by atoms with Crippen molar-refractivity contribution < 1.29 is 0 Å². The minimum Gasteiger partial charge on any atom is -0.281 e. The number of nitrogens with zero attached hydrogens (tertiary/aromatic N) is 4. The van der Waals surface area contributed by atoms with Gasteiger partial charge in [-0.1, -0.05) is 18.2 Å². The first-order chi connectivity index (χ1) is 10.3. The van der Waals surface area contributed by atoms with Gasteiger partial charge in [0.15, 0.2) is 0 Å². The monoisotopic (exact) mass is 274 g/mol. The summed E-state index contributed by atoms with van der Waals surface area (Å²) < 4.78 is 1.58. The van der Waals surface area contributed by atoms with E-state index >= 15 is 0 Å². The van der Waals surface area contributed by atoms with Gasteiger partial charge in [-0.05, 0) is 18.2 Å². The molecule has 1 aromatic carbocycles. The van der Waals surface area contributed by atoms with Crippen molar-refractivity contribution >= 4 is 21.8 Å². The summed E-state index contributed by atoms with van der Waals surface area (Å²) in [6.45, 7) is 0. The molecule has 100 valence electrons. The summed E-state index contributed by atoms with van der Waals surface area (Å²) in [5, 5.41) is 1.49. The van der Waals surface area contributed by atoms with Crippen LogP contribution in [-0.4, -0.2) is 19.5 Å². The van der Waals surface area contributed by atoms with Crippen molar-refractivity contribution in [3.8, 4) is 5.69 Å². The van der Waals surface area contributed by atoms with Crippen molar-refractivity contribution in [2.45, 2.75) is 0 Å². The molecule has 0 aliphatic rings. The number of hydrogen-bond donors (Lipinski definition) is 0. The van der Waals surface area contributed by atoms with Crippen LogP contribution in [0.2, 0.25) is 0 Å². The Hall–Kier alpha value is -3.08. The highest BCUT2D eigenvalue weighted by molar-refractivity contribution is 5.87. The zero-order valence-electron chi connectivity index (χ0n) is 11.0. The Morgan fingerprint density at radius 3 is 2.86 bits per heavy atom. The molecule has 4 aromatic rings. The summed E-state index contributed by atoms with van der Waals surface area (Å²) in [6, 6.07) is 11.4. The van der Waals surface area contributed by atoms with Gasteiger partial charge in [-0.2, -0.15) is 0 Å². The Bertz CT molecular complexity index is 1020. The topological polar surface area (TPSA) is 60.7 Å². The van der Waals surface area contributed by atoms with Crippen LogP contribution in [0.25, 0.3) is 27.5 Å². The molecule has 3 heterocycles. The van der Waals surface area contributed by atoms with Crippen molar-refractivity contribution in [3.05, 3.63) is 71.7 Å². The minimum atomic E-state index is -0.147. The first kappa shape index (κ1) is 11.7. The Labute approximate surface area is 119 Å². The zero-order valence-corrected chi connectivity index (χ0v) is 11.0. The molecule has 5 nitrogen and oxygen atoms in total. The first-order valence-corrected chi connectivity index (χ1v) is 6.50. The third-order valence-corrected chi connectivity index (χ3v) is 3.44. The van der Waals surface area contributed by atoms with E-state index in [9.17, 15) is 4.79 Å². The van der Waals surface area contributed by atoms with E-state index in [1.807, 2.05) is 30.3 Å². The molecule has 0 saturated heterocycles. The molecule has 0 aliphatic heterocycles. The minimum absolute atomic E-state index is 0.147. The van der Waals surface area contributed by atoms with Crippen LogP contribution >= 0.6 is 0 Å². The normalized spacial score (nSPS) is 11.0. The number of para-hydroxylation sites is 1. The fourth-order valence-corrected chi connectivity index (χ4v) is 2.45. The molecular weight excluding hydrogens is 264 g/mol. The van der Waals surface area contributed by atoms with Crippen molar-refractivity contribution in [1.29, 1.82) is 0 Å². The quantitative estimate of drug-likeness (QED) is 0.534. The number of hydrogen-bond acceptors (Lipinski definition) is 4. The van der Waals surface area contributed by atoms with E-state index < -0.39 is 0 Å².